The third-order valence-electron chi connectivity index (χ3n) is 9.00. The Bertz CT molecular complexity index is 564. The third kappa shape index (κ3) is 2.21. The Hall–Kier alpha value is -0.630. The number of aliphatic hydroxyl groups is 1. The maximum absolute atomic E-state index is 11.9. The molecule has 0 aromatic rings. The Kier molecular flexibility index (Phi) is 3.99. The summed E-state index contributed by atoms with van der Waals surface area (Å²) in [7, 11) is 0. The number of hydrogen-bond acceptors (Lipinski definition) is 2. The second-order valence-corrected chi connectivity index (χ2v) is 9.85. The molecule has 0 heterocycles. The molecule has 0 bridgehead atoms. The van der Waals surface area contributed by atoms with Crippen LogP contribution in [-0.2, 0) is 4.79 Å². The molecule has 134 valence electrons. The van der Waals surface area contributed by atoms with E-state index in [0.29, 0.717) is 23.7 Å². The summed E-state index contributed by atoms with van der Waals surface area (Å²) < 4.78 is 0. The van der Waals surface area contributed by atoms with Gasteiger partial charge in [-0.05, 0) is 91.4 Å². The number of aliphatic hydroxyl groups excluding tert-OH is 1. The molecular weight excluding hydrogens is 296 g/mol. The predicted molar refractivity (Wildman–Crippen MR) is 96.4 cm³/mol. The van der Waals surface area contributed by atoms with E-state index in [1.54, 1.807) is 0 Å². The van der Waals surface area contributed by atoms with Crippen molar-refractivity contribution in [3.05, 3.63) is 11.6 Å². The highest BCUT2D eigenvalue weighted by molar-refractivity contribution is 5.91. The van der Waals surface area contributed by atoms with Gasteiger partial charge in [0.05, 0.1) is 0 Å². The molecule has 1 N–H and O–H groups in total. The molecule has 2 heteroatoms. The van der Waals surface area contributed by atoms with E-state index in [0.717, 1.165) is 49.4 Å². The van der Waals surface area contributed by atoms with Gasteiger partial charge in [0.1, 0.15) is 0 Å². The molecule has 24 heavy (non-hydrogen) atoms. The molecule has 0 aromatic carbocycles. The van der Waals surface area contributed by atoms with Crippen molar-refractivity contribution < 1.29 is 9.90 Å². The Morgan fingerprint density at radius 1 is 1.17 bits per heavy atom. The first-order chi connectivity index (χ1) is 11.4. The van der Waals surface area contributed by atoms with Crippen LogP contribution in [0.5, 0.6) is 0 Å². The van der Waals surface area contributed by atoms with Crippen molar-refractivity contribution in [3.63, 3.8) is 0 Å². The molecular formula is C22H34O2. The van der Waals surface area contributed by atoms with Crippen molar-refractivity contribution in [3.8, 4) is 0 Å². The van der Waals surface area contributed by atoms with E-state index < -0.39 is 0 Å². The molecule has 3 saturated carbocycles. The van der Waals surface area contributed by atoms with Crippen LogP contribution in [0.2, 0.25) is 0 Å². The molecule has 0 radical (unpaired) electrons. The summed E-state index contributed by atoms with van der Waals surface area (Å²) in [5.74, 6) is 4.27. The summed E-state index contributed by atoms with van der Waals surface area (Å²) in [5.41, 5.74) is 2.20. The van der Waals surface area contributed by atoms with Crippen molar-refractivity contribution in [2.24, 2.45) is 40.4 Å². The Labute approximate surface area is 147 Å². The minimum atomic E-state index is 0.288. The Morgan fingerprint density at radius 3 is 2.71 bits per heavy atom. The van der Waals surface area contributed by atoms with Crippen molar-refractivity contribution >= 4 is 5.78 Å². The lowest BCUT2D eigenvalue weighted by Gasteiger charge is -2.58. The van der Waals surface area contributed by atoms with Crippen LogP contribution in [0.15, 0.2) is 11.6 Å². The molecule has 7 atom stereocenters. The van der Waals surface area contributed by atoms with Crippen LogP contribution in [0, 0.1) is 40.4 Å². The number of hydrogen-bond donors (Lipinski definition) is 1. The smallest absolute Gasteiger partial charge is 0.155 e. The quantitative estimate of drug-likeness (QED) is 0.792. The van der Waals surface area contributed by atoms with Gasteiger partial charge in [-0.25, -0.2) is 0 Å². The van der Waals surface area contributed by atoms with E-state index in [-0.39, 0.29) is 5.41 Å². The number of carbonyl (C=O) groups excluding carboxylic acids is 1. The van der Waals surface area contributed by atoms with Gasteiger partial charge in [-0.3, -0.25) is 4.79 Å². The van der Waals surface area contributed by atoms with Gasteiger partial charge in [0.15, 0.2) is 5.78 Å². The topological polar surface area (TPSA) is 37.3 Å². The van der Waals surface area contributed by atoms with Crippen LogP contribution >= 0.6 is 0 Å². The zero-order chi connectivity index (χ0) is 17.1. The summed E-state index contributed by atoms with van der Waals surface area (Å²) >= 11 is 0. The highest BCUT2D eigenvalue weighted by Gasteiger charge is 2.60. The zero-order valence-corrected chi connectivity index (χ0v) is 15.7. The van der Waals surface area contributed by atoms with Gasteiger partial charge in [0, 0.05) is 13.0 Å². The van der Waals surface area contributed by atoms with Crippen molar-refractivity contribution in [2.75, 3.05) is 6.61 Å². The summed E-state index contributed by atoms with van der Waals surface area (Å²) in [6.07, 6.45) is 11.3. The fraction of sp³-hybridized carbons (Fsp3) is 0.864. The lowest BCUT2D eigenvalue weighted by molar-refractivity contribution is -0.117. The normalized spacial score (nSPS) is 50.8. The van der Waals surface area contributed by atoms with Crippen LogP contribution in [0.4, 0.5) is 0 Å². The second kappa shape index (κ2) is 5.69. The van der Waals surface area contributed by atoms with E-state index in [4.69, 9.17) is 0 Å². The molecule has 0 aromatic heterocycles. The molecule has 0 unspecified atom stereocenters. The molecule has 4 aliphatic rings. The van der Waals surface area contributed by atoms with Gasteiger partial charge in [-0.1, -0.05) is 26.3 Å². The summed E-state index contributed by atoms with van der Waals surface area (Å²) in [6, 6.07) is 0. The van der Waals surface area contributed by atoms with Gasteiger partial charge in [0.25, 0.3) is 0 Å². The molecule has 4 aliphatic carbocycles. The summed E-state index contributed by atoms with van der Waals surface area (Å²) in [4.78, 5) is 11.9. The van der Waals surface area contributed by atoms with Crippen molar-refractivity contribution in [1.29, 1.82) is 0 Å². The molecule has 3 fully saturated rings. The van der Waals surface area contributed by atoms with Crippen LogP contribution in [0.1, 0.15) is 72.1 Å². The van der Waals surface area contributed by atoms with Gasteiger partial charge in [0.2, 0.25) is 0 Å². The van der Waals surface area contributed by atoms with E-state index >= 15 is 0 Å². The van der Waals surface area contributed by atoms with Gasteiger partial charge in [-0.15, -0.1) is 0 Å². The number of allylic oxidation sites excluding steroid dienone is 1. The maximum Gasteiger partial charge on any atom is 0.155 e. The second-order valence-electron chi connectivity index (χ2n) is 9.85. The number of ketones is 1. The van der Waals surface area contributed by atoms with Crippen molar-refractivity contribution in [1.82, 2.24) is 0 Å². The van der Waals surface area contributed by atoms with Crippen LogP contribution in [0.3, 0.4) is 0 Å². The first-order valence-corrected chi connectivity index (χ1v) is 10.2. The summed E-state index contributed by atoms with van der Waals surface area (Å²) in [5, 5.41) is 9.56. The number of carbonyl (C=O) groups is 1. The molecule has 0 spiro atoms. The van der Waals surface area contributed by atoms with E-state index in [1.165, 1.54) is 31.3 Å². The highest BCUT2D eigenvalue weighted by Crippen LogP contribution is 2.67. The van der Waals surface area contributed by atoms with Gasteiger partial charge < -0.3 is 5.11 Å². The van der Waals surface area contributed by atoms with Crippen LogP contribution in [0.25, 0.3) is 0 Å². The monoisotopic (exact) mass is 330 g/mol. The number of fused-ring (bicyclic) bond motifs is 5. The Morgan fingerprint density at radius 2 is 1.96 bits per heavy atom. The zero-order valence-electron chi connectivity index (χ0n) is 15.7. The van der Waals surface area contributed by atoms with Crippen LogP contribution < -0.4 is 0 Å². The molecule has 0 aliphatic heterocycles. The fourth-order valence-corrected chi connectivity index (χ4v) is 7.78. The average molecular weight is 331 g/mol. The lowest BCUT2D eigenvalue weighted by Crippen LogP contribution is -2.50. The summed E-state index contributed by atoms with van der Waals surface area (Å²) in [6.45, 7) is 7.77. The molecule has 0 amide bonds. The molecule has 0 saturated heterocycles. The maximum atomic E-state index is 11.9. The third-order valence-corrected chi connectivity index (χ3v) is 9.00. The Balaban J connectivity index is 1.65. The standard InChI is InChI=1S/C22H34O2/c1-14-12-20-17-5-4-15-13-16(24)6-9-21(15,2)19(17)7-10-22(20,3)18(14)8-11-23/h13-14,17-20,23H,4-12H2,1-3H3/t14-,17-,18+,19+,20+,21+,22-/m1/s1. The minimum absolute atomic E-state index is 0.288. The largest absolute Gasteiger partial charge is 0.396 e. The van der Waals surface area contributed by atoms with E-state index in [9.17, 15) is 9.90 Å². The SMILES string of the molecule is C[C@@H]1C[C@H]2[C@@H]3CCC4=CC(=O)CC[C@]4(C)[C@H]3CC[C@]2(C)[C@H]1CCO. The first-order valence-electron chi connectivity index (χ1n) is 10.2. The van der Waals surface area contributed by atoms with Gasteiger partial charge >= 0.3 is 0 Å². The lowest BCUT2D eigenvalue weighted by atomic mass is 9.47. The van der Waals surface area contributed by atoms with E-state index in [2.05, 4.69) is 20.8 Å². The predicted octanol–water partition coefficient (Wildman–Crippen LogP) is 4.76. The van der Waals surface area contributed by atoms with Crippen LogP contribution in [-0.4, -0.2) is 17.5 Å². The van der Waals surface area contributed by atoms with Gasteiger partial charge in [-0.2, -0.15) is 0 Å². The highest BCUT2D eigenvalue weighted by atomic mass is 16.3. The van der Waals surface area contributed by atoms with E-state index in [1.807, 2.05) is 6.08 Å². The minimum Gasteiger partial charge on any atom is -0.396 e. The molecule has 2 nitrogen and oxygen atoms in total. The fourth-order valence-electron chi connectivity index (χ4n) is 7.78. The first kappa shape index (κ1) is 16.8. The number of rotatable bonds is 2. The molecule has 4 rings (SSSR count). The van der Waals surface area contributed by atoms with Crippen molar-refractivity contribution in [2.45, 2.75) is 72.1 Å². The average Bonchev–Trinajstić information content (AvgIpc) is 2.80.